The third-order valence-electron chi connectivity index (χ3n) is 3.27. The van der Waals surface area contributed by atoms with Crippen LogP contribution in [0.4, 0.5) is 10.8 Å². The fourth-order valence-electron chi connectivity index (χ4n) is 1.97. The number of methoxy groups -OCH3 is 1. The molecule has 0 bridgehead atoms. The second kappa shape index (κ2) is 7.28. The van der Waals surface area contributed by atoms with Crippen molar-refractivity contribution in [3.8, 4) is 0 Å². The summed E-state index contributed by atoms with van der Waals surface area (Å²) in [4.78, 5) is 15.0. The molecule has 1 heterocycles. The van der Waals surface area contributed by atoms with E-state index in [4.69, 9.17) is 4.74 Å². The quantitative estimate of drug-likeness (QED) is 0.622. The number of nitrogens with one attached hydrogen (secondary N) is 1. The second-order valence-electron chi connectivity index (χ2n) is 4.93. The molecular weight excluding hydrogens is 304 g/mol. The molecule has 0 spiro atoms. The minimum atomic E-state index is -0.362. The lowest BCUT2D eigenvalue weighted by molar-refractivity contribution is -0.385. The predicted octanol–water partition coefficient (Wildman–Crippen LogP) is 3.12. The summed E-state index contributed by atoms with van der Waals surface area (Å²) in [6, 6.07) is 5.14. The molecule has 0 radical (unpaired) electrons. The van der Waals surface area contributed by atoms with Gasteiger partial charge in [-0.25, -0.2) is 4.98 Å². The SMILES string of the molecule is COCCc1nsc(NC(C)c2ccc(C)c([N+](=O)[O-])c2)n1. The Kier molecular flexibility index (Phi) is 5.40. The first-order valence-electron chi connectivity index (χ1n) is 6.84. The summed E-state index contributed by atoms with van der Waals surface area (Å²) in [7, 11) is 1.64. The molecule has 1 aromatic carbocycles. The van der Waals surface area contributed by atoms with E-state index in [0.29, 0.717) is 23.7 Å². The highest BCUT2D eigenvalue weighted by Gasteiger charge is 2.15. The number of aromatic nitrogens is 2. The van der Waals surface area contributed by atoms with Crippen molar-refractivity contribution in [3.63, 3.8) is 0 Å². The minimum Gasteiger partial charge on any atom is -0.384 e. The van der Waals surface area contributed by atoms with Crippen LogP contribution in [0.1, 0.15) is 29.9 Å². The molecule has 0 aliphatic carbocycles. The van der Waals surface area contributed by atoms with Gasteiger partial charge in [-0.3, -0.25) is 10.1 Å². The first kappa shape index (κ1) is 16.3. The Labute approximate surface area is 132 Å². The van der Waals surface area contributed by atoms with Gasteiger partial charge in [0.05, 0.1) is 17.6 Å². The second-order valence-corrected chi connectivity index (χ2v) is 5.68. The van der Waals surface area contributed by atoms with Gasteiger partial charge < -0.3 is 10.1 Å². The van der Waals surface area contributed by atoms with E-state index in [1.807, 2.05) is 13.0 Å². The van der Waals surface area contributed by atoms with Gasteiger partial charge in [0, 0.05) is 36.7 Å². The fourth-order valence-corrected chi connectivity index (χ4v) is 2.67. The summed E-state index contributed by atoms with van der Waals surface area (Å²) in [6.07, 6.45) is 0.666. The number of hydrogen-bond acceptors (Lipinski definition) is 7. The van der Waals surface area contributed by atoms with E-state index in [1.54, 1.807) is 26.2 Å². The van der Waals surface area contributed by atoms with Crippen molar-refractivity contribution in [2.45, 2.75) is 26.3 Å². The smallest absolute Gasteiger partial charge is 0.272 e. The third kappa shape index (κ3) is 3.99. The fraction of sp³-hybridized carbons (Fsp3) is 0.429. The van der Waals surface area contributed by atoms with Gasteiger partial charge in [0.1, 0.15) is 5.82 Å². The normalized spacial score (nSPS) is 12.1. The molecule has 0 saturated heterocycles. The van der Waals surface area contributed by atoms with Crippen LogP contribution in [0.15, 0.2) is 18.2 Å². The molecule has 2 rings (SSSR count). The van der Waals surface area contributed by atoms with E-state index in [9.17, 15) is 10.1 Å². The van der Waals surface area contributed by atoms with Gasteiger partial charge in [0.25, 0.3) is 5.69 Å². The Morgan fingerprint density at radius 1 is 1.50 bits per heavy atom. The van der Waals surface area contributed by atoms with Gasteiger partial charge in [0.2, 0.25) is 5.13 Å². The van der Waals surface area contributed by atoms with Crippen molar-refractivity contribution in [1.82, 2.24) is 9.36 Å². The number of benzene rings is 1. The molecule has 1 N–H and O–H groups in total. The number of anilines is 1. The van der Waals surface area contributed by atoms with Crippen LogP contribution in [0.25, 0.3) is 0 Å². The maximum absolute atomic E-state index is 11.0. The van der Waals surface area contributed by atoms with Crippen molar-refractivity contribution in [3.05, 3.63) is 45.3 Å². The topological polar surface area (TPSA) is 90.2 Å². The third-order valence-corrected chi connectivity index (χ3v) is 3.95. The van der Waals surface area contributed by atoms with E-state index >= 15 is 0 Å². The Bertz CT molecular complexity index is 659. The van der Waals surface area contributed by atoms with Crippen molar-refractivity contribution in [1.29, 1.82) is 0 Å². The van der Waals surface area contributed by atoms with Crippen LogP contribution in [-0.4, -0.2) is 28.0 Å². The van der Waals surface area contributed by atoms with Crippen LogP contribution < -0.4 is 5.32 Å². The summed E-state index contributed by atoms with van der Waals surface area (Å²) in [5.41, 5.74) is 1.62. The lowest BCUT2D eigenvalue weighted by atomic mass is 10.1. The molecule has 0 aliphatic rings. The standard InChI is InChI=1S/C14H18N4O3S/c1-9-4-5-11(8-12(9)18(19)20)10(2)15-14-16-13(17-22-14)6-7-21-3/h4-5,8,10H,6-7H2,1-3H3,(H,15,16,17). The molecule has 1 aromatic heterocycles. The number of aryl methyl sites for hydroxylation is 1. The zero-order valence-electron chi connectivity index (χ0n) is 12.7. The zero-order chi connectivity index (χ0) is 16.1. The predicted molar refractivity (Wildman–Crippen MR) is 85.4 cm³/mol. The van der Waals surface area contributed by atoms with E-state index in [0.717, 1.165) is 11.4 Å². The number of nitro benzene ring substituents is 1. The largest absolute Gasteiger partial charge is 0.384 e. The lowest BCUT2D eigenvalue weighted by Crippen LogP contribution is -2.07. The van der Waals surface area contributed by atoms with Gasteiger partial charge >= 0.3 is 0 Å². The van der Waals surface area contributed by atoms with Crippen molar-refractivity contribution in [2.75, 3.05) is 19.0 Å². The van der Waals surface area contributed by atoms with Crippen LogP contribution in [0, 0.1) is 17.0 Å². The highest BCUT2D eigenvalue weighted by Crippen LogP contribution is 2.26. The van der Waals surface area contributed by atoms with Crippen LogP contribution in [0.2, 0.25) is 0 Å². The molecule has 0 fully saturated rings. The molecule has 0 amide bonds. The Hall–Kier alpha value is -2.06. The molecule has 7 nitrogen and oxygen atoms in total. The van der Waals surface area contributed by atoms with E-state index in [2.05, 4.69) is 14.7 Å². The Morgan fingerprint density at radius 3 is 2.95 bits per heavy atom. The molecule has 118 valence electrons. The Balaban J connectivity index is 2.08. The van der Waals surface area contributed by atoms with Crippen molar-refractivity contribution in [2.24, 2.45) is 0 Å². The summed E-state index contributed by atoms with van der Waals surface area (Å²) >= 11 is 1.27. The monoisotopic (exact) mass is 322 g/mol. The summed E-state index contributed by atoms with van der Waals surface area (Å²) in [6.45, 7) is 4.24. The summed E-state index contributed by atoms with van der Waals surface area (Å²) < 4.78 is 9.23. The number of nitro groups is 1. The number of ether oxygens (including phenoxy) is 1. The average molecular weight is 322 g/mol. The molecule has 2 aromatic rings. The zero-order valence-corrected chi connectivity index (χ0v) is 13.5. The van der Waals surface area contributed by atoms with E-state index in [-0.39, 0.29) is 16.7 Å². The van der Waals surface area contributed by atoms with Crippen molar-refractivity contribution < 1.29 is 9.66 Å². The van der Waals surface area contributed by atoms with E-state index < -0.39 is 0 Å². The van der Waals surface area contributed by atoms with Crippen LogP contribution >= 0.6 is 11.5 Å². The minimum absolute atomic E-state index is 0.0949. The Morgan fingerprint density at radius 2 is 2.27 bits per heavy atom. The number of rotatable bonds is 7. The first-order chi connectivity index (χ1) is 10.5. The van der Waals surface area contributed by atoms with Crippen LogP contribution in [-0.2, 0) is 11.2 Å². The van der Waals surface area contributed by atoms with Gasteiger partial charge in [-0.2, -0.15) is 4.37 Å². The summed E-state index contributed by atoms with van der Waals surface area (Å²) in [5, 5.41) is 14.9. The number of nitrogens with zero attached hydrogens (tertiary/aromatic N) is 3. The summed E-state index contributed by atoms with van der Waals surface area (Å²) in [5.74, 6) is 0.733. The molecular formula is C14H18N4O3S. The maximum Gasteiger partial charge on any atom is 0.272 e. The average Bonchev–Trinajstić information content (AvgIpc) is 2.92. The van der Waals surface area contributed by atoms with Gasteiger partial charge in [-0.05, 0) is 19.4 Å². The first-order valence-corrected chi connectivity index (χ1v) is 7.61. The lowest BCUT2D eigenvalue weighted by Gasteiger charge is -2.13. The molecule has 22 heavy (non-hydrogen) atoms. The van der Waals surface area contributed by atoms with Crippen LogP contribution in [0.3, 0.4) is 0 Å². The highest BCUT2D eigenvalue weighted by atomic mass is 32.1. The molecule has 1 atom stereocenters. The van der Waals surface area contributed by atoms with Gasteiger partial charge in [-0.15, -0.1) is 0 Å². The molecule has 0 saturated carbocycles. The van der Waals surface area contributed by atoms with E-state index in [1.165, 1.54) is 11.5 Å². The highest BCUT2D eigenvalue weighted by molar-refractivity contribution is 7.09. The molecule has 1 unspecified atom stereocenters. The number of hydrogen-bond donors (Lipinski definition) is 1. The van der Waals surface area contributed by atoms with Crippen LogP contribution in [0.5, 0.6) is 0 Å². The van der Waals surface area contributed by atoms with Crippen molar-refractivity contribution >= 4 is 22.4 Å². The maximum atomic E-state index is 11.0. The van der Waals surface area contributed by atoms with Gasteiger partial charge in [0.15, 0.2) is 0 Å². The van der Waals surface area contributed by atoms with Gasteiger partial charge in [-0.1, -0.05) is 12.1 Å². The molecule has 0 aliphatic heterocycles. The molecule has 8 heteroatoms.